The molecule has 5 heteroatoms. The van der Waals surface area contributed by atoms with E-state index in [0.29, 0.717) is 12.0 Å². The van der Waals surface area contributed by atoms with Crippen molar-refractivity contribution in [3.63, 3.8) is 0 Å². The predicted molar refractivity (Wildman–Crippen MR) is 72.4 cm³/mol. The van der Waals surface area contributed by atoms with Gasteiger partial charge in [-0.3, -0.25) is 9.58 Å². The standard InChI is InChI=1S/C14H24N4O/c1-17-14(15-10-16-17)9-18-8-3-2-6-12(18)11-5-4-7-13(11)19/h10-13,19H,2-9H2,1H3. The normalized spacial score (nSPS) is 32.8. The SMILES string of the molecule is Cn1ncnc1CN1CCCCC1C1CCCC1O. The number of nitrogens with zero attached hydrogens (tertiary/aromatic N) is 4. The maximum absolute atomic E-state index is 10.2. The maximum Gasteiger partial charge on any atom is 0.140 e. The van der Waals surface area contributed by atoms with E-state index < -0.39 is 0 Å². The number of hydrogen-bond acceptors (Lipinski definition) is 4. The predicted octanol–water partition coefficient (Wildman–Crippen LogP) is 1.33. The highest BCUT2D eigenvalue weighted by Gasteiger charge is 2.37. The summed E-state index contributed by atoms with van der Waals surface area (Å²) in [4.78, 5) is 6.86. The third-order valence-corrected chi connectivity index (χ3v) is 4.84. The van der Waals surface area contributed by atoms with E-state index in [1.807, 2.05) is 11.7 Å². The summed E-state index contributed by atoms with van der Waals surface area (Å²) in [5.41, 5.74) is 0. The highest BCUT2D eigenvalue weighted by molar-refractivity contribution is 4.93. The Hall–Kier alpha value is -0.940. The van der Waals surface area contributed by atoms with E-state index in [4.69, 9.17) is 0 Å². The molecule has 1 aromatic rings. The Morgan fingerprint density at radius 3 is 2.84 bits per heavy atom. The van der Waals surface area contributed by atoms with Crippen molar-refractivity contribution < 1.29 is 5.11 Å². The van der Waals surface area contributed by atoms with Crippen molar-refractivity contribution >= 4 is 0 Å². The largest absolute Gasteiger partial charge is 0.393 e. The molecule has 1 aliphatic carbocycles. The van der Waals surface area contributed by atoms with Gasteiger partial charge in [-0.25, -0.2) is 4.98 Å². The number of likely N-dealkylation sites (tertiary alicyclic amines) is 1. The summed E-state index contributed by atoms with van der Waals surface area (Å²) in [7, 11) is 1.95. The first-order valence-electron chi connectivity index (χ1n) is 7.50. The van der Waals surface area contributed by atoms with Crippen LogP contribution in [0.5, 0.6) is 0 Å². The van der Waals surface area contributed by atoms with Gasteiger partial charge in [0.1, 0.15) is 12.2 Å². The maximum atomic E-state index is 10.2. The third kappa shape index (κ3) is 2.67. The van der Waals surface area contributed by atoms with Crippen LogP contribution >= 0.6 is 0 Å². The van der Waals surface area contributed by atoms with Crippen LogP contribution in [0.4, 0.5) is 0 Å². The van der Waals surface area contributed by atoms with E-state index >= 15 is 0 Å². The van der Waals surface area contributed by atoms with Crippen molar-refractivity contribution in [2.24, 2.45) is 13.0 Å². The van der Waals surface area contributed by atoms with Gasteiger partial charge in [0.05, 0.1) is 12.6 Å². The molecule has 2 aliphatic rings. The molecular formula is C14H24N4O. The molecule has 3 unspecified atom stereocenters. The molecule has 5 nitrogen and oxygen atoms in total. The molecule has 3 rings (SSSR count). The van der Waals surface area contributed by atoms with Crippen LogP contribution in [0.2, 0.25) is 0 Å². The van der Waals surface area contributed by atoms with Crippen LogP contribution in [-0.4, -0.2) is 43.5 Å². The minimum atomic E-state index is -0.0925. The lowest BCUT2D eigenvalue weighted by Gasteiger charge is -2.40. The van der Waals surface area contributed by atoms with Gasteiger partial charge in [0.15, 0.2) is 0 Å². The van der Waals surface area contributed by atoms with Gasteiger partial charge in [-0.15, -0.1) is 0 Å². The second-order valence-corrected chi connectivity index (χ2v) is 6.00. The fraction of sp³-hybridized carbons (Fsp3) is 0.857. The van der Waals surface area contributed by atoms with Gasteiger partial charge in [-0.2, -0.15) is 5.10 Å². The highest BCUT2D eigenvalue weighted by atomic mass is 16.3. The molecule has 0 bridgehead atoms. The molecule has 0 amide bonds. The Morgan fingerprint density at radius 1 is 1.26 bits per heavy atom. The van der Waals surface area contributed by atoms with Gasteiger partial charge in [-0.05, 0) is 32.2 Å². The lowest BCUT2D eigenvalue weighted by atomic mass is 9.88. The fourth-order valence-electron chi connectivity index (χ4n) is 3.76. The summed E-state index contributed by atoms with van der Waals surface area (Å²) >= 11 is 0. The second kappa shape index (κ2) is 5.59. The van der Waals surface area contributed by atoms with Gasteiger partial charge >= 0.3 is 0 Å². The molecule has 0 radical (unpaired) electrons. The molecule has 1 N–H and O–H groups in total. The summed E-state index contributed by atoms with van der Waals surface area (Å²) in [6.45, 7) is 1.99. The summed E-state index contributed by atoms with van der Waals surface area (Å²) in [6, 6.07) is 0.531. The number of aromatic nitrogens is 3. The summed E-state index contributed by atoms with van der Waals surface area (Å²) in [6.07, 6.45) is 8.66. The fourth-order valence-corrected chi connectivity index (χ4v) is 3.76. The van der Waals surface area contributed by atoms with Crippen molar-refractivity contribution in [2.75, 3.05) is 6.54 Å². The van der Waals surface area contributed by atoms with Crippen LogP contribution in [0.1, 0.15) is 44.3 Å². The number of aliphatic hydroxyl groups is 1. The van der Waals surface area contributed by atoms with Crippen molar-refractivity contribution in [1.82, 2.24) is 19.7 Å². The molecule has 1 saturated heterocycles. The van der Waals surface area contributed by atoms with E-state index in [1.165, 1.54) is 32.1 Å². The average Bonchev–Trinajstić information content (AvgIpc) is 3.00. The van der Waals surface area contributed by atoms with Crippen molar-refractivity contribution in [2.45, 2.75) is 57.2 Å². The van der Waals surface area contributed by atoms with Gasteiger partial charge in [0, 0.05) is 19.0 Å². The zero-order chi connectivity index (χ0) is 13.2. The molecule has 2 heterocycles. The molecule has 19 heavy (non-hydrogen) atoms. The third-order valence-electron chi connectivity index (χ3n) is 4.84. The number of piperidine rings is 1. The lowest BCUT2D eigenvalue weighted by Crippen LogP contribution is -2.46. The quantitative estimate of drug-likeness (QED) is 0.895. The first kappa shape index (κ1) is 13.1. The van der Waals surface area contributed by atoms with E-state index in [0.717, 1.165) is 25.3 Å². The Labute approximate surface area is 114 Å². The number of aryl methyl sites for hydroxylation is 1. The molecule has 3 atom stereocenters. The number of aliphatic hydroxyl groups excluding tert-OH is 1. The van der Waals surface area contributed by atoms with Crippen LogP contribution in [0.25, 0.3) is 0 Å². The van der Waals surface area contributed by atoms with E-state index in [2.05, 4.69) is 15.0 Å². The summed E-state index contributed by atoms with van der Waals surface area (Å²) < 4.78 is 1.86. The molecular weight excluding hydrogens is 240 g/mol. The van der Waals surface area contributed by atoms with Gasteiger partial charge in [0.25, 0.3) is 0 Å². The van der Waals surface area contributed by atoms with Crippen molar-refractivity contribution in [3.05, 3.63) is 12.2 Å². The van der Waals surface area contributed by atoms with E-state index in [1.54, 1.807) is 6.33 Å². The Morgan fingerprint density at radius 2 is 2.16 bits per heavy atom. The van der Waals surface area contributed by atoms with Crippen LogP contribution in [0.15, 0.2) is 6.33 Å². The topological polar surface area (TPSA) is 54.2 Å². The van der Waals surface area contributed by atoms with Crippen molar-refractivity contribution in [1.29, 1.82) is 0 Å². The zero-order valence-corrected chi connectivity index (χ0v) is 11.7. The van der Waals surface area contributed by atoms with Gasteiger partial charge in [-0.1, -0.05) is 12.8 Å². The molecule has 1 aliphatic heterocycles. The molecule has 1 saturated carbocycles. The van der Waals surface area contributed by atoms with Crippen LogP contribution in [0, 0.1) is 5.92 Å². The van der Waals surface area contributed by atoms with Gasteiger partial charge < -0.3 is 5.11 Å². The van der Waals surface area contributed by atoms with Crippen molar-refractivity contribution in [3.8, 4) is 0 Å². The van der Waals surface area contributed by atoms with Crippen LogP contribution in [-0.2, 0) is 13.6 Å². The minimum Gasteiger partial charge on any atom is -0.393 e. The molecule has 1 aromatic heterocycles. The summed E-state index contributed by atoms with van der Waals surface area (Å²) in [5.74, 6) is 1.49. The Bertz CT molecular complexity index is 419. The van der Waals surface area contributed by atoms with Crippen LogP contribution < -0.4 is 0 Å². The zero-order valence-electron chi connectivity index (χ0n) is 11.7. The number of rotatable bonds is 3. The van der Waals surface area contributed by atoms with Gasteiger partial charge in [0.2, 0.25) is 0 Å². The Balaban J connectivity index is 1.72. The first-order chi connectivity index (χ1) is 9.25. The monoisotopic (exact) mass is 264 g/mol. The van der Waals surface area contributed by atoms with E-state index in [9.17, 15) is 5.11 Å². The smallest absolute Gasteiger partial charge is 0.140 e. The molecule has 0 spiro atoms. The molecule has 0 aromatic carbocycles. The second-order valence-electron chi connectivity index (χ2n) is 6.00. The average molecular weight is 264 g/mol. The highest BCUT2D eigenvalue weighted by Crippen LogP contribution is 2.35. The number of hydrogen-bond donors (Lipinski definition) is 1. The molecule has 2 fully saturated rings. The van der Waals surface area contributed by atoms with E-state index in [-0.39, 0.29) is 6.10 Å². The first-order valence-corrected chi connectivity index (χ1v) is 7.50. The molecule has 106 valence electrons. The Kier molecular flexibility index (Phi) is 3.84. The van der Waals surface area contributed by atoms with Crippen LogP contribution in [0.3, 0.4) is 0 Å². The summed E-state index contributed by atoms with van der Waals surface area (Å²) in [5, 5.41) is 14.3. The minimum absolute atomic E-state index is 0.0925. The lowest BCUT2D eigenvalue weighted by molar-refractivity contribution is 0.0295.